The van der Waals surface area contributed by atoms with Gasteiger partial charge in [-0.2, -0.15) is 0 Å². The quantitative estimate of drug-likeness (QED) is 0.895. The van der Waals surface area contributed by atoms with Crippen molar-refractivity contribution in [2.75, 3.05) is 26.2 Å². The lowest BCUT2D eigenvalue weighted by atomic mass is 9.71. The fourth-order valence-electron chi connectivity index (χ4n) is 4.26. The number of ether oxygens (including phenoxy) is 1. The highest BCUT2D eigenvalue weighted by atomic mass is 16.5. The molecule has 2 aromatic carbocycles. The van der Waals surface area contributed by atoms with E-state index < -0.39 is 0 Å². The Balaban J connectivity index is 1.31. The number of carbonyl (C=O) groups is 1. The average molecular weight is 364 g/mol. The zero-order valence-electron chi connectivity index (χ0n) is 15.8. The number of nitrogens with zero attached hydrogens (tertiary/aromatic N) is 1. The smallest absolute Gasteiger partial charge is 0.253 e. The molecule has 2 aromatic rings. The van der Waals surface area contributed by atoms with E-state index in [1.165, 1.54) is 12.8 Å². The minimum Gasteiger partial charge on any atom is -0.489 e. The van der Waals surface area contributed by atoms with Crippen LogP contribution in [0.3, 0.4) is 0 Å². The second-order valence-electron chi connectivity index (χ2n) is 7.84. The third kappa shape index (κ3) is 4.33. The van der Waals surface area contributed by atoms with Gasteiger partial charge in [-0.25, -0.2) is 0 Å². The standard InChI is InChI=1S/C23H28N2O2/c26-22(25-16-12-23(13-17-25)10-14-24-15-11-23)20-6-8-21(9-7-20)27-18-19-4-2-1-3-5-19/h1-9,24H,10-18H2. The Morgan fingerprint density at radius 2 is 1.59 bits per heavy atom. The van der Waals surface area contributed by atoms with Crippen LogP contribution < -0.4 is 10.1 Å². The Morgan fingerprint density at radius 3 is 2.26 bits per heavy atom. The van der Waals surface area contributed by atoms with Gasteiger partial charge in [-0.3, -0.25) is 4.79 Å². The van der Waals surface area contributed by atoms with Gasteiger partial charge < -0.3 is 15.0 Å². The number of hydrogen-bond donors (Lipinski definition) is 1. The second kappa shape index (κ2) is 8.13. The zero-order valence-corrected chi connectivity index (χ0v) is 15.8. The van der Waals surface area contributed by atoms with Crippen LogP contribution in [0, 0.1) is 5.41 Å². The molecule has 1 N–H and O–H groups in total. The van der Waals surface area contributed by atoms with E-state index in [-0.39, 0.29) is 5.91 Å². The Bertz CT molecular complexity index is 742. The van der Waals surface area contributed by atoms with Crippen molar-refractivity contribution in [3.63, 3.8) is 0 Å². The molecule has 142 valence electrons. The van der Waals surface area contributed by atoms with Crippen molar-refractivity contribution < 1.29 is 9.53 Å². The first-order valence-corrected chi connectivity index (χ1v) is 10.0. The van der Waals surface area contributed by atoms with Crippen LogP contribution in [-0.2, 0) is 6.61 Å². The highest BCUT2D eigenvalue weighted by Gasteiger charge is 2.36. The normalized spacial score (nSPS) is 19.0. The van der Waals surface area contributed by atoms with Gasteiger partial charge in [0.2, 0.25) is 0 Å². The number of rotatable bonds is 4. The van der Waals surface area contributed by atoms with E-state index in [0.717, 1.165) is 55.9 Å². The molecule has 4 rings (SSSR count). The van der Waals surface area contributed by atoms with Crippen molar-refractivity contribution in [3.05, 3.63) is 65.7 Å². The molecule has 0 unspecified atom stereocenters. The number of likely N-dealkylation sites (tertiary alicyclic amines) is 1. The summed E-state index contributed by atoms with van der Waals surface area (Å²) in [6.45, 7) is 4.55. The van der Waals surface area contributed by atoms with E-state index in [0.29, 0.717) is 12.0 Å². The summed E-state index contributed by atoms with van der Waals surface area (Å²) in [5, 5.41) is 3.45. The summed E-state index contributed by atoms with van der Waals surface area (Å²) in [6.07, 6.45) is 4.78. The van der Waals surface area contributed by atoms with E-state index in [1.54, 1.807) is 0 Å². The van der Waals surface area contributed by atoms with Gasteiger partial charge in [-0.15, -0.1) is 0 Å². The first-order valence-electron chi connectivity index (χ1n) is 10.0. The summed E-state index contributed by atoms with van der Waals surface area (Å²) in [5.41, 5.74) is 2.36. The Morgan fingerprint density at radius 1 is 0.926 bits per heavy atom. The van der Waals surface area contributed by atoms with Gasteiger partial charge in [0.15, 0.2) is 0 Å². The predicted octanol–water partition coefficient (Wildman–Crippen LogP) is 3.87. The van der Waals surface area contributed by atoms with Gasteiger partial charge in [-0.05, 0) is 74.0 Å². The lowest BCUT2D eigenvalue weighted by Crippen LogP contribution is -2.47. The summed E-state index contributed by atoms with van der Waals surface area (Å²) >= 11 is 0. The Labute approximate surface area is 161 Å². The van der Waals surface area contributed by atoms with Gasteiger partial charge in [0.25, 0.3) is 5.91 Å². The minimum atomic E-state index is 0.147. The lowest BCUT2D eigenvalue weighted by Gasteiger charge is -2.44. The van der Waals surface area contributed by atoms with Crippen LogP contribution in [-0.4, -0.2) is 37.0 Å². The number of carbonyl (C=O) groups excluding carboxylic acids is 1. The lowest BCUT2D eigenvalue weighted by molar-refractivity contribution is 0.0495. The Kier molecular flexibility index (Phi) is 5.44. The molecule has 0 atom stereocenters. The summed E-state index contributed by atoms with van der Waals surface area (Å²) in [6, 6.07) is 17.7. The number of nitrogens with one attached hydrogen (secondary N) is 1. The molecule has 4 nitrogen and oxygen atoms in total. The van der Waals surface area contributed by atoms with Gasteiger partial charge >= 0.3 is 0 Å². The van der Waals surface area contributed by atoms with Gasteiger partial charge in [0, 0.05) is 18.7 Å². The third-order valence-corrected chi connectivity index (χ3v) is 6.13. The van der Waals surface area contributed by atoms with Crippen LogP contribution in [0.25, 0.3) is 0 Å². The zero-order chi connectivity index (χ0) is 18.5. The number of benzene rings is 2. The fraction of sp³-hybridized carbons (Fsp3) is 0.435. The number of amides is 1. The molecule has 1 amide bonds. The largest absolute Gasteiger partial charge is 0.489 e. The molecule has 2 aliphatic heterocycles. The van der Waals surface area contributed by atoms with Crippen molar-refractivity contribution in [1.29, 1.82) is 0 Å². The van der Waals surface area contributed by atoms with E-state index in [4.69, 9.17) is 4.74 Å². The topological polar surface area (TPSA) is 41.6 Å². The van der Waals surface area contributed by atoms with Crippen molar-refractivity contribution >= 4 is 5.91 Å². The first kappa shape index (κ1) is 18.1. The van der Waals surface area contributed by atoms with Crippen LogP contribution in [0.4, 0.5) is 0 Å². The second-order valence-corrected chi connectivity index (χ2v) is 7.84. The molecule has 2 aliphatic rings. The minimum absolute atomic E-state index is 0.147. The SMILES string of the molecule is O=C(c1ccc(OCc2ccccc2)cc1)N1CCC2(CCNCC2)CC1. The molecule has 2 saturated heterocycles. The monoisotopic (exact) mass is 364 g/mol. The fourth-order valence-corrected chi connectivity index (χ4v) is 4.26. The molecule has 1 spiro atoms. The van der Waals surface area contributed by atoms with Crippen molar-refractivity contribution in [2.45, 2.75) is 32.3 Å². The van der Waals surface area contributed by atoms with Crippen molar-refractivity contribution in [3.8, 4) is 5.75 Å². The van der Waals surface area contributed by atoms with Crippen molar-refractivity contribution in [1.82, 2.24) is 10.2 Å². The van der Waals surface area contributed by atoms with Gasteiger partial charge in [0.1, 0.15) is 12.4 Å². The molecule has 0 radical (unpaired) electrons. The maximum absolute atomic E-state index is 12.8. The maximum atomic E-state index is 12.8. The van der Waals surface area contributed by atoms with E-state index >= 15 is 0 Å². The highest BCUT2D eigenvalue weighted by molar-refractivity contribution is 5.94. The molecule has 2 heterocycles. The van der Waals surface area contributed by atoms with E-state index in [1.807, 2.05) is 59.5 Å². The molecule has 0 aliphatic carbocycles. The number of piperidine rings is 2. The van der Waals surface area contributed by atoms with Crippen LogP contribution in [0.2, 0.25) is 0 Å². The third-order valence-electron chi connectivity index (χ3n) is 6.13. The summed E-state index contributed by atoms with van der Waals surface area (Å²) < 4.78 is 5.82. The number of hydrogen-bond acceptors (Lipinski definition) is 3. The maximum Gasteiger partial charge on any atom is 0.253 e. The molecule has 0 aromatic heterocycles. The molecule has 2 fully saturated rings. The molecule has 0 saturated carbocycles. The van der Waals surface area contributed by atoms with Crippen molar-refractivity contribution in [2.24, 2.45) is 5.41 Å². The average Bonchev–Trinajstić information content (AvgIpc) is 2.74. The first-order chi connectivity index (χ1) is 13.2. The van der Waals surface area contributed by atoms with Crippen LogP contribution in [0.1, 0.15) is 41.6 Å². The van der Waals surface area contributed by atoms with Crippen LogP contribution >= 0.6 is 0 Å². The summed E-state index contributed by atoms with van der Waals surface area (Å²) in [7, 11) is 0. The van der Waals surface area contributed by atoms with Gasteiger partial charge in [0.05, 0.1) is 0 Å². The molecular formula is C23H28N2O2. The van der Waals surface area contributed by atoms with Gasteiger partial charge in [-0.1, -0.05) is 30.3 Å². The molecule has 0 bridgehead atoms. The predicted molar refractivity (Wildman–Crippen MR) is 107 cm³/mol. The molecular weight excluding hydrogens is 336 g/mol. The van der Waals surface area contributed by atoms with E-state index in [9.17, 15) is 4.79 Å². The highest BCUT2D eigenvalue weighted by Crippen LogP contribution is 2.39. The summed E-state index contributed by atoms with van der Waals surface area (Å²) in [4.78, 5) is 14.9. The molecule has 27 heavy (non-hydrogen) atoms. The molecule has 4 heteroatoms. The van der Waals surface area contributed by atoms with Crippen LogP contribution in [0.15, 0.2) is 54.6 Å². The Hall–Kier alpha value is -2.33. The van der Waals surface area contributed by atoms with Crippen LogP contribution in [0.5, 0.6) is 5.75 Å². The summed E-state index contributed by atoms with van der Waals surface area (Å²) in [5.74, 6) is 0.941. The van der Waals surface area contributed by atoms with E-state index in [2.05, 4.69) is 5.32 Å².